The minimum absolute atomic E-state index is 0.0563. The van der Waals surface area contributed by atoms with Crippen molar-refractivity contribution in [2.24, 2.45) is 5.41 Å². The molecule has 0 bridgehead atoms. The van der Waals surface area contributed by atoms with Crippen LogP contribution in [0.2, 0.25) is 0 Å². The molecule has 0 aromatic heterocycles. The highest BCUT2D eigenvalue weighted by atomic mass is 16.5. The van der Waals surface area contributed by atoms with Crippen LogP contribution in [0.25, 0.3) is 0 Å². The second-order valence-corrected chi connectivity index (χ2v) is 4.90. The number of amides is 1. The van der Waals surface area contributed by atoms with Gasteiger partial charge in [0.1, 0.15) is 13.2 Å². The molecule has 1 N–H and O–H groups in total. The van der Waals surface area contributed by atoms with Crippen LogP contribution in [-0.4, -0.2) is 30.9 Å². The van der Waals surface area contributed by atoms with Crippen molar-refractivity contribution in [3.05, 3.63) is 0 Å². The Bertz CT molecular complexity index is 331. The first-order chi connectivity index (χ1) is 7.79. The van der Waals surface area contributed by atoms with Gasteiger partial charge in [0.2, 0.25) is 5.91 Å². The molecule has 1 atom stereocenters. The molecular formula is C13H21NO3. The lowest BCUT2D eigenvalue weighted by molar-refractivity contribution is -0.131. The lowest BCUT2D eigenvalue weighted by atomic mass is 9.84. The number of carbonyl (C=O) groups is 2. The molecule has 0 spiro atoms. The fourth-order valence-electron chi connectivity index (χ4n) is 1.40. The molecule has 0 aromatic carbocycles. The summed E-state index contributed by atoms with van der Waals surface area (Å²) in [6.07, 6.45) is 0. The summed E-state index contributed by atoms with van der Waals surface area (Å²) in [5.74, 6) is 5.00. The monoisotopic (exact) mass is 239 g/mol. The van der Waals surface area contributed by atoms with Crippen molar-refractivity contribution in [3.8, 4) is 11.8 Å². The van der Waals surface area contributed by atoms with E-state index >= 15 is 0 Å². The van der Waals surface area contributed by atoms with E-state index in [1.807, 2.05) is 20.8 Å². The molecule has 0 fully saturated rings. The number of carbonyl (C=O) groups excluding carboxylic acids is 2. The first kappa shape index (κ1) is 15.7. The smallest absolute Gasteiger partial charge is 0.246 e. The summed E-state index contributed by atoms with van der Waals surface area (Å²) in [5.41, 5.74) is -0.301. The molecule has 0 saturated heterocycles. The van der Waals surface area contributed by atoms with Gasteiger partial charge in [-0.25, -0.2) is 0 Å². The van der Waals surface area contributed by atoms with E-state index in [4.69, 9.17) is 4.74 Å². The zero-order valence-electron chi connectivity index (χ0n) is 11.2. The van der Waals surface area contributed by atoms with Crippen LogP contribution in [0.3, 0.4) is 0 Å². The standard InChI is InChI=1S/C13H21NO3/c1-6-7-8-17-9-11(16)14-12(10(2)15)13(3,4)5/h12H,8-9H2,1-5H3,(H,14,16). The minimum atomic E-state index is -0.490. The molecule has 0 aliphatic carbocycles. The first-order valence-corrected chi connectivity index (χ1v) is 5.56. The third-order valence-electron chi connectivity index (χ3n) is 2.16. The van der Waals surface area contributed by atoms with Crippen LogP contribution in [0.4, 0.5) is 0 Å². The third-order valence-corrected chi connectivity index (χ3v) is 2.16. The molecule has 0 heterocycles. The van der Waals surface area contributed by atoms with Gasteiger partial charge >= 0.3 is 0 Å². The maximum absolute atomic E-state index is 11.5. The Morgan fingerprint density at radius 2 is 1.94 bits per heavy atom. The molecular weight excluding hydrogens is 218 g/mol. The lowest BCUT2D eigenvalue weighted by Crippen LogP contribution is -2.49. The summed E-state index contributed by atoms with van der Waals surface area (Å²) in [7, 11) is 0. The van der Waals surface area contributed by atoms with Gasteiger partial charge in [-0.1, -0.05) is 26.7 Å². The topological polar surface area (TPSA) is 55.4 Å². The van der Waals surface area contributed by atoms with E-state index in [0.29, 0.717) is 0 Å². The number of ketones is 1. The van der Waals surface area contributed by atoms with E-state index in [1.165, 1.54) is 6.92 Å². The third kappa shape index (κ3) is 6.75. The van der Waals surface area contributed by atoms with Crippen molar-refractivity contribution in [1.82, 2.24) is 5.32 Å². The van der Waals surface area contributed by atoms with Crippen LogP contribution in [0.15, 0.2) is 0 Å². The highest BCUT2D eigenvalue weighted by Crippen LogP contribution is 2.19. The van der Waals surface area contributed by atoms with Crippen molar-refractivity contribution < 1.29 is 14.3 Å². The van der Waals surface area contributed by atoms with E-state index in [1.54, 1.807) is 6.92 Å². The number of hydrogen-bond acceptors (Lipinski definition) is 3. The van der Waals surface area contributed by atoms with Gasteiger partial charge in [-0.05, 0) is 19.3 Å². The number of ether oxygens (including phenoxy) is 1. The fraction of sp³-hybridized carbons (Fsp3) is 0.692. The van der Waals surface area contributed by atoms with Crippen molar-refractivity contribution in [2.75, 3.05) is 13.2 Å². The Hall–Kier alpha value is -1.34. The van der Waals surface area contributed by atoms with Crippen LogP contribution < -0.4 is 5.32 Å². The molecule has 0 rings (SSSR count). The largest absolute Gasteiger partial charge is 0.359 e. The summed E-state index contributed by atoms with van der Waals surface area (Å²) in [5, 5.41) is 2.67. The van der Waals surface area contributed by atoms with Gasteiger partial charge in [-0.3, -0.25) is 9.59 Å². The fourth-order valence-corrected chi connectivity index (χ4v) is 1.40. The van der Waals surface area contributed by atoms with Crippen LogP contribution in [0.1, 0.15) is 34.6 Å². The molecule has 0 saturated carbocycles. The molecule has 4 heteroatoms. The van der Waals surface area contributed by atoms with Crippen LogP contribution in [0.5, 0.6) is 0 Å². The first-order valence-electron chi connectivity index (χ1n) is 5.56. The zero-order valence-corrected chi connectivity index (χ0v) is 11.2. The second kappa shape index (κ2) is 7.08. The van der Waals surface area contributed by atoms with Crippen LogP contribution >= 0.6 is 0 Å². The molecule has 1 amide bonds. The Morgan fingerprint density at radius 1 is 1.35 bits per heavy atom. The molecule has 96 valence electrons. The van der Waals surface area contributed by atoms with E-state index < -0.39 is 6.04 Å². The van der Waals surface area contributed by atoms with Crippen LogP contribution in [-0.2, 0) is 14.3 Å². The van der Waals surface area contributed by atoms with Gasteiger partial charge in [0.05, 0.1) is 6.04 Å². The van der Waals surface area contributed by atoms with Crippen molar-refractivity contribution >= 4 is 11.7 Å². The van der Waals surface area contributed by atoms with E-state index in [-0.39, 0.29) is 30.3 Å². The van der Waals surface area contributed by atoms with Crippen LogP contribution in [0, 0.1) is 17.3 Å². The quantitative estimate of drug-likeness (QED) is 0.578. The van der Waals surface area contributed by atoms with Gasteiger partial charge in [-0.15, -0.1) is 5.92 Å². The Labute approximate surface area is 103 Å². The highest BCUT2D eigenvalue weighted by molar-refractivity contribution is 5.88. The highest BCUT2D eigenvalue weighted by Gasteiger charge is 2.29. The predicted molar refractivity (Wildman–Crippen MR) is 66.3 cm³/mol. The average molecular weight is 239 g/mol. The van der Waals surface area contributed by atoms with Gasteiger partial charge in [0.25, 0.3) is 0 Å². The summed E-state index contributed by atoms with van der Waals surface area (Å²) in [6.45, 7) is 9.04. The normalized spacial score (nSPS) is 12.3. The second-order valence-electron chi connectivity index (χ2n) is 4.90. The molecule has 17 heavy (non-hydrogen) atoms. The Balaban J connectivity index is 4.22. The predicted octanol–water partition coefficient (Wildman–Crippen LogP) is 1.15. The molecule has 0 aromatic rings. The SMILES string of the molecule is CC#CCOCC(=O)NC(C(C)=O)C(C)(C)C. The summed E-state index contributed by atoms with van der Waals surface area (Å²) in [4.78, 5) is 23.0. The Morgan fingerprint density at radius 3 is 2.35 bits per heavy atom. The zero-order chi connectivity index (χ0) is 13.5. The van der Waals surface area contributed by atoms with Crippen molar-refractivity contribution in [2.45, 2.75) is 40.7 Å². The van der Waals surface area contributed by atoms with Gasteiger partial charge in [0, 0.05) is 0 Å². The number of hydrogen-bond donors (Lipinski definition) is 1. The summed E-state index contributed by atoms with van der Waals surface area (Å²) < 4.78 is 5.03. The average Bonchev–Trinajstić information content (AvgIpc) is 2.19. The summed E-state index contributed by atoms with van der Waals surface area (Å²) >= 11 is 0. The van der Waals surface area contributed by atoms with Crippen molar-refractivity contribution in [3.63, 3.8) is 0 Å². The number of Topliss-reactive ketones (excluding diaryl/α,β-unsaturated/α-hetero) is 1. The molecule has 4 nitrogen and oxygen atoms in total. The van der Waals surface area contributed by atoms with E-state index in [9.17, 15) is 9.59 Å². The number of nitrogens with one attached hydrogen (secondary N) is 1. The van der Waals surface area contributed by atoms with E-state index in [0.717, 1.165) is 0 Å². The van der Waals surface area contributed by atoms with Gasteiger partial charge in [0.15, 0.2) is 5.78 Å². The number of rotatable bonds is 5. The molecule has 1 unspecified atom stereocenters. The maximum atomic E-state index is 11.5. The van der Waals surface area contributed by atoms with E-state index in [2.05, 4.69) is 17.2 Å². The van der Waals surface area contributed by atoms with Crippen molar-refractivity contribution in [1.29, 1.82) is 0 Å². The van der Waals surface area contributed by atoms with Gasteiger partial charge < -0.3 is 10.1 Å². The Kier molecular flexibility index (Phi) is 6.52. The molecule has 0 aliphatic heterocycles. The molecule has 0 radical (unpaired) electrons. The minimum Gasteiger partial charge on any atom is -0.359 e. The summed E-state index contributed by atoms with van der Waals surface area (Å²) in [6, 6.07) is -0.490. The molecule has 0 aliphatic rings. The lowest BCUT2D eigenvalue weighted by Gasteiger charge is -2.29. The van der Waals surface area contributed by atoms with Gasteiger partial charge in [-0.2, -0.15) is 0 Å². The maximum Gasteiger partial charge on any atom is 0.246 e.